The largest absolute Gasteiger partial charge is 0.481 e. The van der Waals surface area contributed by atoms with E-state index in [1.807, 2.05) is 0 Å². The van der Waals surface area contributed by atoms with Crippen molar-refractivity contribution in [3.8, 4) is 0 Å². The number of primary amides is 1. The molecule has 0 unspecified atom stereocenters. The van der Waals surface area contributed by atoms with Crippen LogP contribution >= 0.6 is 23.5 Å². The van der Waals surface area contributed by atoms with Crippen LogP contribution in [0.2, 0.25) is 0 Å². The number of thioether (sulfide) groups is 2. The molecule has 0 aliphatic carbocycles. The van der Waals surface area contributed by atoms with Crippen LogP contribution in [0, 0.1) is 23.7 Å². The number of amides is 17. The Hall–Kier alpha value is -11.2. The van der Waals surface area contributed by atoms with Gasteiger partial charge in [-0.3, -0.25) is 96.1 Å². The van der Waals surface area contributed by atoms with Gasteiger partial charge in [-0.15, -0.1) is 11.8 Å². The molecule has 0 radical (unpaired) electrons. The Morgan fingerprint density at radius 3 is 1.51 bits per heavy atom. The average Bonchev–Trinajstić information content (AvgIpc) is 1.65. The highest BCUT2D eigenvalue weighted by atomic mass is 32.2. The number of benzene rings is 1. The normalized spacial score (nSPS) is 26.8. The number of aliphatic carboxylic acids is 2. The third-order valence-corrected chi connectivity index (χ3v) is 22.0. The van der Waals surface area contributed by atoms with Gasteiger partial charge >= 0.3 is 11.9 Å². The number of carbonyl (C=O) groups is 19. The van der Waals surface area contributed by atoms with Crippen LogP contribution in [0.5, 0.6) is 0 Å². The first-order valence-electron chi connectivity index (χ1n) is 40.7. The minimum absolute atomic E-state index is 0.0133. The van der Waals surface area contributed by atoms with E-state index in [1.54, 1.807) is 83.4 Å². The van der Waals surface area contributed by atoms with Crippen LogP contribution in [0.3, 0.4) is 0 Å². The molecular formula is C78H120N20O22S2. The third kappa shape index (κ3) is 34.0. The molecule has 0 aromatic heterocycles. The highest BCUT2D eigenvalue weighted by molar-refractivity contribution is 8.02. The van der Waals surface area contributed by atoms with E-state index in [0.29, 0.717) is 5.56 Å². The minimum atomic E-state index is -2.08. The summed E-state index contributed by atoms with van der Waals surface area (Å²) < 4.78 is 0. The number of guanidine groups is 1. The van der Waals surface area contributed by atoms with E-state index in [0.717, 1.165) is 33.3 Å². The Morgan fingerprint density at radius 2 is 0.951 bits per heavy atom. The summed E-state index contributed by atoms with van der Waals surface area (Å²) in [5.74, 6) is -23.0. The van der Waals surface area contributed by atoms with E-state index in [2.05, 4.69) is 79.4 Å². The number of rotatable bonds is 19. The fraction of sp³-hybridized carbons (Fsp3) is 0.641. The Bertz CT molecular complexity index is 3950. The molecule has 4 heterocycles. The number of carboxylic acid groups (broad SMARTS) is 2. The monoisotopic (exact) mass is 1750 g/mol. The first kappa shape index (κ1) is 101. The van der Waals surface area contributed by atoms with Crippen molar-refractivity contribution in [2.75, 3.05) is 56.6 Å². The molecule has 2 bridgehead atoms. The summed E-state index contributed by atoms with van der Waals surface area (Å²) in [6, 6.07) is -14.1. The maximum atomic E-state index is 14.9. The molecule has 0 spiro atoms. The first-order chi connectivity index (χ1) is 57.7. The molecule has 4 aliphatic heterocycles. The number of aliphatic imine (C=N–C) groups is 1. The molecule has 44 heteroatoms. The molecule has 2 fully saturated rings. The van der Waals surface area contributed by atoms with E-state index in [4.69, 9.17) is 17.2 Å². The molecule has 2 saturated heterocycles. The lowest BCUT2D eigenvalue weighted by molar-refractivity contribution is -0.149. The number of aliphatic hydroxyl groups is 1. The molecular weight excluding hydrogens is 1630 g/mol. The minimum Gasteiger partial charge on any atom is -0.481 e. The number of aliphatic hydroxyl groups excluding tert-OH is 1. The maximum absolute atomic E-state index is 14.9. The zero-order valence-electron chi connectivity index (χ0n) is 69.9. The summed E-state index contributed by atoms with van der Waals surface area (Å²) in [7, 11) is 0. The number of carbonyl (C=O) groups excluding carboxylic acids is 17. The summed E-state index contributed by atoms with van der Waals surface area (Å²) in [6.45, 7) is 11.1. The van der Waals surface area contributed by atoms with Gasteiger partial charge < -0.3 is 117 Å². The highest BCUT2D eigenvalue weighted by Gasteiger charge is 2.46. The van der Waals surface area contributed by atoms with Crippen LogP contribution in [-0.2, 0) is 97.5 Å². The van der Waals surface area contributed by atoms with Crippen molar-refractivity contribution in [1.29, 1.82) is 0 Å². The first-order valence-corrected chi connectivity index (χ1v) is 42.9. The van der Waals surface area contributed by atoms with Crippen molar-refractivity contribution in [1.82, 2.24) is 84.2 Å². The van der Waals surface area contributed by atoms with Crippen LogP contribution in [0.15, 0.2) is 46.8 Å². The fourth-order valence-corrected chi connectivity index (χ4v) is 15.4. The van der Waals surface area contributed by atoms with E-state index in [-0.39, 0.29) is 145 Å². The maximum Gasteiger partial charge on any atom is 0.305 e. The van der Waals surface area contributed by atoms with Crippen molar-refractivity contribution < 1.29 is 106 Å². The Labute approximate surface area is 715 Å². The number of allylic oxidation sites excluding steroid dienone is 1. The lowest BCUT2D eigenvalue weighted by atomic mass is 9.99. The van der Waals surface area contributed by atoms with Crippen molar-refractivity contribution in [2.24, 2.45) is 45.9 Å². The number of hydrogen-bond acceptors (Lipinski definition) is 23. The van der Waals surface area contributed by atoms with Gasteiger partial charge in [-0.1, -0.05) is 91.8 Å². The molecule has 14 atom stereocenters. The number of nitrogens with zero attached hydrogens (tertiary/aromatic N) is 3. The molecule has 5 rings (SSSR count). The van der Waals surface area contributed by atoms with E-state index in [1.165, 1.54) is 13.8 Å². The second-order valence-corrected chi connectivity index (χ2v) is 33.8. The molecule has 23 N–H and O–H groups in total. The molecule has 4 aliphatic rings. The molecule has 676 valence electrons. The molecule has 1 aromatic carbocycles. The van der Waals surface area contributed by atoms with Crippen molar-refractivity contribution >= 4 is 142 Å². The van der Waals surface area contributed by atoms with Crippen LogP contribution in [-0.4, -0.2) is 285 Å². The predicted molar refractivity (Wildman–Crippen MR) is 445 cm³/mol. The van der Waals surface area contributed by atoms with Gasteiger partial charge in [0.25, 0.3) is 0 Å². The van der Waals surface area contributed by atoms with Gasteiger partial charge in [-0.2, -0.15) is 11.8 Å². The second kappa shape index (κ2) is 50.9. The van der Waals surface area contributed by atoms with Gasteiger partial charge in [0.1, 0.15) is 84.6 Å². The smallest absolute Gasteiger partial charge is 0.305 e. The van der Waals surface area contributed by atoms with E-state index < -0.39 is 235 Å². The fourth-order valence-electron chi connectivity index (χ4n) is 13.7. The standard InChI is InChI=1S/C78H120N20O22S2/c1-40(2)31-46-66(109)86-47(32-41(3)4)67(110)93-53-38-121-29-12-13-30-122-39-54(94-75(118)62(42(5)6)95-59(102)23-25-82-58(101)22-26-83-64(107)48(88-73(53)116)33-44-17-10-9-11-18-44)72(115)85-45(19-14-24-84-78(80)81)65(108)89-49(34-57(79)100)68(111)90-51(36-61(105)106)70(113)96-63(43(7)8)77(120)98-28-16-21-56(98)76(119)97-27-15-20-55(97)74(117)91-50(35-60(103)104)69(112)92-52(37-99)71(114)87-46/h9-11,13,17-18,30,40-43,45-56,62-63,99H,12,14-16,19-29,31-39H2,1-8H3,(H2,79,100)(H,82,101)(H,83,107)(H,85,115)(H,86,109)(H,87,114)(H,88,116)(H,89,108)(H,90,111)(H,91,117)(H,92,112)(H,93,110)(H,94,118)(H,95,102)(H,96,113)(H,103,104)(H,105,106)(H4,80,81,84)/b30-13+/t45-,46-,47-,48-,49-,50-,51-,52-,53-,54-,55-,56-,62-,63-/m0/s1. The summed E-state index contributed by atoms with van der Waals surface area (Å²) in [5.41, 5.74) is 17.4. The zero-order chi connectivity index (χ0) is 90.6. The zero-order valence-corrected chi connectivity index (χ0v) is 71.5. The Morgan fingerprint density at radius 1 is 0.484 bits per heavy atom. The van der Waals surface area contributed by atoms with Gasteiger partial charge in [0.2, 0.25) is 100 Å². The van der Waals surface area contributed by atoms with Crippen LogP contribution < -0.4 is 91.6 Å². The Kier molecular flexibility index (Phi) is 42.3. The van der Waals surface area contributed by atoms with E-state index in [9.17, 15) is 106 Å². The van der Waals surface area contributed by atoms with Gasteiger partial charge in [-0.25, -0.2) is 0 Å². The third-order valence-electron chi connectivity index (χ3n) is 20.0. The van der Waals surface area contributed by atoms with Crippen LogP contribution in [0.1, 0.15) is 151 Å². The van der Waals surface area contributed by atoms with Crippen LogP contribution in [0.25, 0.3) is 0 Å². The Balaban J connectivity index is 1.65. The summed E-state index contributed by atoms with van der Waals surface area (Å²) in [5, 5.41) is 67.8. The summed E-state index contributed by atoms with van der Waals surface area (Å²) in [6.07, 6.45) is -2.41. The van der Waals surface area contributed by atoms with Gasteiger partial charge in [0, 0.05) is 63.5 Å². The lowest BCUT2D eigenvalue weighted by Gasteiger charge is -2.34. The van der Waals surface area contributed by atoms with E-state index >= 15 is 0 Å². The predicted octanol–water partition coefficient (Wildman–Crippen LogP) is -5.29. The molecule has 0 saturated carbocycles. The van der Waals surface area contributed by atoms with Crippen LogP contribution in [0.4, 0.5) is 0 Å². The molecule has 1 aromatic rings. The molecule has 122 heavy (non-hydrogen) atoms. The van der Waals surface area contributed by atoms with Gasteiger partial charge in [0.05, 0.1) is 25.9 Å². The molecule has 17 amide bonds. The van der Waals surface area contributed by atoms with Gasteiger partial charge in [0.15, 0.2) is 5.96 Å². The highest BCUT2D eigenvalue weighted by Crippen LogP contribution is 2.28. The average molecular weight is 1750 g/mol. The van der Waals surface area contributed by atoms with Crippen molar-refractivity contribution in [2.45, 2.75) is 236 Å². The lowest BCUT2D eigenvalue weighted by Crippen LogP contribution is -2.62. The topological polar surface area (TPSA) is 650 Å². The van der Waals surface area contributed by atoms with Crippen molar-refractivity contribution in [3.63, 3.8) is 0 Å². The second-order valence-electron chi connectivity index (χ2n) is 31.7. The number of nitrogens with two attached hydrogens (primary N) is 3. The SMILES string of the molecule is CC(C)C[C@@H]1NC(=O)[C@H](CC(C)C)NC(=O)[C@H](CO)NC(=O)[C@H](CC(=O)O)NC(=O)[C@@H]2CCCN2C(=O)[C@@H]2CCCN2C(=O)[C@H](C(C)C)NC(=O)[C@H](CC(=O)O)NC(=O)[C@H](CC(N)=O)NC(=O)[C@H](CCCN=C(N)N)NC(=O)[C@@H]2CS/C=C/CCSC[C@H](NC1=O)C(=O)N[C@@H](Cc1ccccc1)C(=O)NCCC(=O)NCCC(=O)N[C@@H](C(C)C)C(=O)N2. The number of fused-ring (bicyclic) bond motifs is 10. The molecule has 42 nitrogen and oxygen atoms in total. The van der Waals surface area contributed by atoms with Gasteiger partial charge in [-0.05, 0) is 98.2 Å². The summed E-state index contributed by atoms with van der Waals surface area (Å²) in [4.78, 5) is 275. The number of hydrogen-bond donors (Lipinski definition) is 20. The quantitative estimate of drug-likeness (QED) is 0.0349. The summed E-state index contributed by atoms with van der Waals surface area (Å²) >= 11 is 2.15. The van der Waals surface area contributed by atoms with Crippen molar-refractivity contribution in [3.05, 3.63) is 47.4 Å². The number of carboxylic acids is 2. The number of nitrogens with one attached hydrogen (secondary N) is 14.